The van der Waals surface area contributed by atoms with Gasteiger partial charge in [0.1, 0.15) is 5.75 Å². The van der Waals surface area contributed by atoms with Crippen molar-refractivity contribution in [1.82, 2.24) is 4.57 Å². The minimum absolute atomic E-state index is 0.104. The van der Waals surface area contributed by atoms with Crippen molar-refractivity contribution in [1.29, 1.82) is 0 Å². The summed E-state index contributed by atoms with van der Waals surface area (Å²) in [7, 11) is -3.73. The Morgan fingerprint density at radius 1 is 1.22 bits per heavy atom. The predicted molar refractivity (Wildman–Crippen MR) is 109 cm³/mol. The van der Waals surface area contributed by atoms with Gasteiger partial charge in [-0.2, -0.15) is 0 Å². The molecule has 0 saturated heterocycles. The van der Waals surface area contributed by atoms with E-state index in [0.717, 1.165) is 23.3 Å². The molecular formula is C19H20N2O4S2. The molecule has 1 heterocycles. The number of benzene rings is 2. The van der Waals surface area contributed by atoms with E-state index < -0.39 is 10.0 Å². The zero-order valence-corrected chi connectivity index (χ0v) is 16.5. The summed E-state index contributed by atoms with van der Waals surface area (Å²) in [5, 5.41) is 0. The molecule has 142 valence electrons. The Labute approximate surface area is 161 Å². The molecule has 27 heavy (non-hydrogen) atoms. The highest BCUT2D eigenvalue weighted by molar-refractivity contribution is 7.92. The largest absolute Gasteiger partial charge is 0.494 e. The average Bonchev–Trinajstić information content (AvgIpc) is 2.95. The quantitative estimate of drug-likeness (QED) is 0.579. The maximum atomic E-state index is 12.6. The first-order chi connectivity index (χ1) is 12.9. The zero-order chi connectivity index (χ0) is 19.4. The van der Waals surface area contributed by atoms with Crippen LogP contribution in [0.25, 0.3) is 10.2 Å². The minimum Gasteiger partial charge on any atom is -0.494 e. The van der Waals surface area contributed by atoms with E-state index in [4.69, 9.17) is 4.74 Å². The molecule has 0 amide bonds. The lowest BCUT2D eigenvalue weighted by atomic mass is 10.3. The van der Waals surface area contributed by atoms with Gasteiger partial charge in [-0.05, 0) is 48.9 Å². The van der Waals surface area contributed by atoms with Gasteiger partial charge < -0.3 is 4.74 Å². The molecule has 0 atom stereocenters. The molecule has 0 aliphatic heterocycles. The topological polar surface area (TPSA) is 77.4 Å². The number of allylic oxidation sites excluding steroid dienone is 1. The van der Waals surface area contributed by atoms with Crippen LogP contribution in [0.15, 0.2) is 64.8 Å². The van der Waals surface area contributed by atoms with Crippen LogP contribution in [-0.2, 0) is 16.6 Å². The van der Waals surface area contributed by atoms with Crippen LogP contribution in [0.5, 0.6) is 5.75 Å². The van der Waals surface area contributed by atoms with Crippen LogP contribution in [0.4, 0.5) is 5.69 Å². The Hall–Kier alpha value is -2.58. The molecule has 6 nitrogen and oxygen atoms in total. The summed E-state index contributed by atoms with van der Waals surface area (Å²) in [6.07, 6.45) is 2.53. The summed E-state index contributed by atoms with van der Waals surface area (Å²) >= 11 is 1.07. The highest BCUT2D eigenvalue weighted by atomic mass is 32.2. The third kappa shape index (κ3) is 4.23. The monoisotopic (exact) mass is 404 g/mol. The van der Waals surface area contributed by atoms with Crippen molar-refractivity contribution in [2.24, 2.45) is 0 Å². The van der Waals surface area contributed by atoms with Crippen LogP contribution in [0.2, 0.25) is 0 Å². The lowest BCUT2D eigenvalue weighted by Gasteiger charge is -2.10. The molecule has 0 saturated carbocycles. The van der Waals surface area contributed by atoms with Crippen LogP contribution >= 0.6 is 11.3 Å². The number of hydrogen-bond acceptors (Lipinski definition) is 5. The van der Waals surface area contributed by atoms with Gasteiger partial charge in [-0.1, -0.05) is 24.3 Å². The fourth-order valence-electron chi connectivity index (χ4n) is 2.58. The minimum atomic E-state index is -3.73. The number of nitrogens with one attached hydrogen (secondary N) is 1. The second kappa shape index (κ2) is 7.98. The Bertz CT molecular complexity index is 1110. The standard InChI is InChI=1S/C19H20N2O4S2/c1-3-11-21-17-10-5-14(13-18(17)26-19(21)22)20-27(23,24)16-8-6-15(7-9-16)25-12-4-2/h3,5-10,13,20H,1,4,11-12H2,2H3. The van der Waals surface area contributed by atoms with Gasteiger partial charge >= 0.3 is 4.87 Å². The van der Waals surface area contributed by atoms with Crippen molar-refractivity contribution in [2.75, 3.05) is 11.3 Å². The van der Waals surface area contributed by atoms with Crippen molar-refractivity contribution >= 4 is 37.3 Å². The SMILES string of the molecule is C=CCn1c(=O)sc2cc(NS(=O)(=O)c3ccc(OCCC)cc3)ccc21. The third-order valence-corrected chi connectivity index (χ3v) is 6.18. The van der Waals surface area contributed by atoms with Crippen LogP contribution in [-0.4, -0.2) is 19.6 Å². The zero-order valence-electron chi connectivity index (χ0n) is 14.8. The van der Waals surface area contributed by atoms with E-state index in [2.05, 4.69) is 11.3 Å². The number of anilines is 1. The van der Waals surface area contributed by atoms with Crippen molar-refractivity contribution in [3.05, 3.63) is 64.8 Å². The summed E-state index contributed by atoms with van der Waals surface area (Å²) in [6.45, 7) is 6.65. The summed E-state index contributed by atoms with van der Waals surface area (Å²) in [6, 6.07) is 11.3. The number of hydrogen-bond donors (Lipinski definition) is 1. The number of thiazole rings is 1. The number of rotatable bonds is 8. The second-order valence-corrected chi connectivity index (χ2v) is 8.55. The normalized spacial score (nSPS) is 11.4. The van der Waals surface area contributed by atoms with Gasteiger partial charge in [0.25, 0.3) is 10.0 Å². The Morgan fingerprint density at radius 3 is 2.63 bits per heavy atom. The van der Waals surface area contributed by atoms with Crippen LogP contribution in [0.1, 0.15) is 13.3 Å². The molecule has 0 aliphatic rings. The van der Waals surface area contributed by atoms with Crippen LogP contribution in [0, 0.1) is 0 Å². The molecule has 2 aromatic carbocycles. The van der Waals surface area contributed by atoms with E-state index >= 15 is 0 Å². The molecule has 0 fully saturated rings. The first-order valence-corrected chi connectivity index (χ1v) is 10.7. The molecule has 0 spiro atoms. The van der Waals surface area contributed by atoms with Gasteiger partial charge in [-0.25, -0.2) is 8.42 Å². The van der Waals surface area contributed by atoms with Crippen molar-refractivity contribution in [3.8, 4) is 5.75 Å². The molecule has 3 rings (SSSR count). The first-order valence-electron chi connectivity index (χ1n) is 8.44. The summed E-state index contributed by atoms with van der Waals surface area (Å²) in [5.74, 6) is 0.630. The van der Waals surface area contributed by atoms with E-state index in [9.17, 15) is 13.2 Å². The van der Waals surface area contributed by atoms with Crippen molar-refractivity contribution in [3.63, 3.8) is 0 Å². The van der Waals surface area contributed by atoms with E-state index in [1.165, 1.54) is 12.1 Å². The Balaban J connectivity index is 1.85. The molecule has 3 aromatic rings. The van der Waals surface area contributed by atoms with Gasteiger partial charge in [0.2, 0.25) is 0 Å². The van der Waals surface area contributed by atoms with Gasteiger partial charge in [0.15, 0.2) is 0 Å². The molecular weight excluding hydrogens is 384 g/mol. The second-order valence-electron chi connectivity index (χ2n) is 5.88. The Morgan fingerprint density at radius 2 is 1.96 bits per heavy atom. The predicted octanol–water partition coefficient (Wildman–Crippen LogP) is 3.84. The van der Waals surface area contributed by atoms with E-state index in [1.807, 2.05) is 6.92 Å². The highest BCUT2D eigenvalue weighted by Crippen LogP contribution is 2.24. The molecule has 0 aliphatic carbocycles. The molecule has 0 radical (unpaired) electrons. The summed E-state index contributed by atoms with van der Waals surface area (Å²) < 4.78 is 35.6. The molecule has 0 unspecified atom stereocenters. The third-order valence-electron chi connectivity index (χ3n) is 3.84. The van der Waals surface area contributed by atoms with Gasteiger partial charge in [0.05, 0.1) is 27.4 Å². The van der Waals surface area contributed by atoms with Crippen LogP contribution < -0.4 is 14.3 Å². The summed E-state index contributed by atoms with van der Waals surface area (Å²) in [5.41, 5.74) is 1.16. The maximum absolute atomic E-state index is 12.6. The van der Waals surface area contributed by atoms with Crippen LogP contribution in [0.3, 0.4) is 0 Å². The van der Waals surface area contributed by atoms with E-state index in [-0.39, 0.29) is 9.77 Å². The van der Waals surface area contributed by atoms with E-state index in [0.29, 0.717) is 29.3 Å². The average molecular weight is 405 g/mol. The maximum Gasteiger partial charge on any atom is 0.308 e. The number of ether oxygens (including phenoxy) is 1. The number of fused-ring (bicyclic) bond motifs is 1. The first kappa shape index (κ1) is 19.2. The molecule has 1 N–H and O–H groups in total. The van der Waals surface area contributed by atoms with Crippen molar-refractivity contribution in [2.45, 2.75) is 24.8 Å². The van der Waals surface area contributed by atoms with E-state index in [1.54, 1.807) is 41.0 Å². The molecule has 8 heteroatoms. The summed E-state index contributed by atoms with van der Waals surface area (Å²) in [4.78, 5) is 12.1. The molecule has 0 bridgehead atoms. The fourth-order valence-corrected chi connectivity index (χ4v) is 4.57. The van der Waals surface area contributed by atoms with Gasteiger partial charge in [-0.15, -0.1) is 6.58 Å². The highest BCUT2D eigenvalue weighted by Gasteiger charge is 2.15. The smallest absolute Gasteiger partial charge is 0.308 e. The van der Waals surface area contributed by atoms with Gasteiger partial charge in [0, 0.05) is 6.54 Å². The van der Waals surface area contributed by atoms with Gasteiger partial charge in [-0.3, -0.25) is 14.1 Å². The number of sulfonamides is 1. The lowest BCUT2D eigenvalue weighted by Crippen LogP contribution is -2.13. The fraction of sp³-hybridized carbons (Fsp3) is 0.211. The molecule has 1 aromatic heterocycles. The number of nitrogens with zero attached hydrogens (tertiary/aromatic N) is 1. The lowest BCUT2D eigenvalue weighted by molar-refractivity contribution is 0.317. The Kier molecular flexibility index (Phi) is 5.67. The van der Waals surface area contributed by atoms with Crippen molar-refractivity contribution < 1.29 is 13.2 Å². The number of aromatic nitrogens is 1.